The zero-order valence-electron chi connectivity index (χ0n) is 10.7. The van der Waals surface area contributed by atoms with Crippen molar-refractivity contribution in [2.45, 2.75) is 6.18 Å². The van der Waals surface area contributed by atoms with Gasteiger partial charge in [0.15, 0.2) is 0 Å². The first-order valence-electron chi connectivity index (χ1n) is 5.68. The van der Waals surface area contributed by atoms with Gasteiger partial charge in [0.05, 0.1) is 0 Å². The van der Waals surface area contributed by atoms with Crippen molar-refractivity contribution in [3.8, 4) is 0 Å². The molecule has 1 rings (SSSR count). The van der Waals surface area contributed by atoms with Gasteiger partial charge in [0.2, 0.25) is 5.91 Å². The molecule has 3 amide bonds. The molecule has 0 heterocycles. The van der Waals surface area contributed by atoms with Gasteiger partial charge in [-0.1, -0.05) is 18.2 Å². The van der Waals surface area contributed by atoms with Gasteiger partial charge in [-0.25, -0.2) is 4.79 Å². The van der Waals surface area contributed by atoms with Crippen LogP contribution >= 0.6 is 0 Å². The van der Waals surface area contributed by atoms with Crippen LogP contribution in [-0.4, -0.2) is 43.2 Å². The topological polar surface area (TPSA) is 61.4 Å². The van der Waals surface area contributed by atoms with Crippen LogP contribution in [0.5, 0.6) is 0 Å². The summed E-state index contributed by atoms with van der Waals surface area (Å²) >= 11 is 0. The van der Waals surface area contributed by atoms with Crippen molar-refractivity contribution in [3.05, 3.63) is 30.3 Å². The average molecular weight is 289 g/mol. The van der Waals surface area contributed by atoms with Crippen LogP contribution in [0.25, 0.3) is 0 Å². The molecule has 1 aromatic carbocycles. The van der Waals surface area contributed by atoms with Crippen molar-refractivity contribution in [2.75, 3.05) is 25.5 Å². The fourth-order valence-electron chi connectivity index (χ4n) is 1.28. The van der Waals surface area contributed by atoms with Crippen molar-refractivity contribution in [1.29, 1.82) is 0 Å². The number of amides is 3. The van der Waals surface area contributed by atoms with E-state index < -0.39 is 31.2 Å². The van der Waals surface area contributed by atoms with Gasteiger partial charge < -0.3 is 15.5 Å². The predicted octanol–water partition coefficient (Wildman–Crippen LogP) is 1.83. The lowest BCUT2D eigenvalue weighted by molar-refractivity contribution is -0.138. The number of rotatable bonds is 4. The number of para-hydroxylation sites is 1. The van der Waals surface area contributed by atoms with Crippen molar-refractivity contribution < 1.29 is 22.8 Å². The van der Waals surface area contributed by atoms with E-state index in [4.69, 9.17) is 0 Å². The van der Waals surface area contributed by atoms with Crippen molar-refractivity contribution in [1.82, 2.24) is 10.2 Å². The summed E-state index contributed by atoms with van der Waals surface area (Å²) in [7, 11) is 1.31. The molecule has 0 aromatic heterocycles. The number of benzene rings is 1. The number of carbonyl (C=O) groups is 2. The second kappa shape index (κ2) is 6.78. The highest BCUT2D eigenvalue weighted by atomic mass is 19.4. The molecule has 8 heteroatoms. The number of hydrogen-bond acceptors (Lipinski definition) is 2. The molecule has 1 aromatic rings. The van der Waals surface area contributed by atoms with E-state index in [2.05, 4.69) is 5.32 Å². The van der Waals surface area contributed by atoms with Crippen molar-refractivity contribution in [2.24, 2.45) is 0 Å². The molecule has 0 radical (unpaired) electrons. The maximum absolute atomic E-state index is 11.9. The number of nitrogens with one attached hydrogen (secondary N) is 2. The van der Waals surface area contributed by atoms with Gasteiger partial charge >= 0.3 is 12.2 Å². The number of likely N-dealkylation sites (N-methyl/N-ethyl adjacent to an activating group) is 1. The van der Waals surface area contributed by atoms with Gasteiger partial charge in [0.25, 0.3) is 0 Å². The third kappa shape index (κ3) is 6.07. The molecule has 0 aliphatic rings. The zero-order chi connectivity index (χ0) is 15.2. The maximum atomic E-state index is 11.9. The molecular weight excluding hydrogens is 275 g/mol. The Morgan fingerprint density at radius 3 is 2.35 bits per heavy atom. The van der Waals surface area contributed by atoms with Crippen LogP contribution in [0.4, 0.5) is 23.7 Å². The number of carbonyl (C=O) groups excluding carboxylic acids is 2. The summed E-state index contributed by atoms with van der Waals surface area (Å²) in [4.78, 5) is 23.9. The fraction of sp³-hybridized carbons (Fsp3) is 0.333. The van der Waals surface area contributed by atoms with E-state index in [0.29, 0.717) is 5.69 Å². The molecule has 0 fully saturated rings. The van der Waals surface area contributed by atoms with E-state index in [-0.39, 0.29) is 0 Å². The number of urea groups is 1. The second-order valence-electron chi connectivity index (χ2n) is 4.04. The molecule has 0 spiro atoms. The van der Waals surface area contributed by atoms with E-state index in [1.165, 1.54) is 7.05 Å². The predicted molar refractivity (Wildman–Crippen MR) is 67.2 cm³/mol. The summed E-state index contributed by atoms with van der Waals surface area (Å²) in [5.41, 5.74) is 0.528. The Labute approximate surface area is 113 Å². The summed E-state index contributed by atoms with van der Waals surface area (Å²) in [5.74, 6) is -0.881. The maximum Gasteiger partial charge on any atom is 0.405 e. The van der Waals surface area contributed by atoms with Gasteiger partial charge in [0.1, 0.15) is 13.1 Å². The van der Waals surface area contributed by atoms with E-state index in [1.54, 1.807) is 35.6 Å². The number of halogens is 3. The fourth-order valence-corrected chi connectivity index (χ4v) is 1.28. The minimum absolute atomic E-state index is 0.464. The number of alkyl halides is 3. The SMILES string of the molecule is CN(CC(=O)NCC(F)(F)F)C(=O)Nc1ccccc1. The number of nitrogens with zero attached hydrogens (tertiary/aromatic N) is 1. The van der Waals surface area contributed by atoms with Crippen molar-refractivity contribution >= 4 is 17.6 Å². The van der Waals surface area contributed by atoms with Crippen LogP contribution in [0.2, 0.25) is 0 Å². The van der Waals surface area contributed by atoms with Gasteiger partial charge in [-0.2, -0.15) is 13.2 Å². The highest BCUT2D eigenvalue weighted by Crippen LogP contribution is 2.12. The Balaban J connectivity index is 2.40. The summed E-state index contributed by atoms with van der Waals surface area (Å²) in [6.07, 6.45) is -4.47. The molecule has 0 atom stereocenters. The van der Waals surface area contributed by atoms with E-state index >= 15 is 0 Å². The second-order valence-corrected chi connectivity index (χ2v) is 4.04. The molecular formula is C12H14F3N3O2. The van der Waals surface area contributed by atoms with Gasteiger partial charge in [-0.15, -0.1) is 0 Å². The Morgan fingerprint density at radius 1 is 1.20 bits per heavy atom. The minimum atomic E-state index is -4.47. The monoisotopic (exact) mass is 289 g/mol. The molecule has 2 N–H and O–H groups in total. The molecule has 20 heavy (non-hydrogen) atoms. The Hall–Kier alpha value is -2.25. The lowest BCUT2D eigenvalue weighted by Crippen LogP contribution is -2.43. The molecule has 0 saturated heterocycles. The highest BCUT2D eigenvalue weighted by molar-refractivity contribution is 5.92. The van der Waals surface area contributed by atoms with Crippen LogP contribution in [0, 0.1) is 0 Å². The Morgan fingerprint density at radius 2 is 1.80 bits per heavy atom. The molecule has 110 valence electrons. The van der Waals surface area contributed by atoms with Gasteiger partial charge in [-0.05, 0) is 12.1 Å². The van der Waals surface area contributed by atoms with Crippen LogP contribution in [-0.2, 0) is 4.79 Å². The third-order valence-electron chi connectivity index (χ3n) is 2.24. The molecule has 0 bridgehead atoms. The minimum Gasteiger partial charge on any atom is -0.345 e. The van der Waals surface area contributed by atoms with Crippen LogP contribution in [0.3, 0.4) is 0 Å². The largest absolute Gasteiger partial charge is 0.405 e. The lowest BCUT2D eigenvalue weighted by atomic mass is 10.3. The Kier molecular flexibility index (Phi) is 5.36. The molecule has 0 aliphatic heterocycles. The summed E-state index contributed by atoms with van der Waals surface area (Å²) in [5, 5.41) is 4.19. The van der Waals surface area contributed by atoms with Crippen molar-refractivity contribution in [3.63, 3.8) is 0 Å². The summed E-state index contributed by atoms with van der Waals surface area (Å²) in [6.45, 7) is -1.88. The first kappa shape index (κ1) is 15.8. The van der Waals surface area contributed by atoms with E-state index in [9.17, 15) is 22.8 Å². The smallest absolute Gasteiger partial charge is 0.345 e. The lowest BCUT2D eigenvalue weighted by Gasteiger charge is -2.18. The molecule has 5 nitrogen and oxygen atoms in total. The number of hydrogen-bond donors (Lipinski definition) is 2. The zero-order valence-corrected chi connectivity index (χ0v) is 10.7. The average Bonchev–Trinajstić information content (AvgIpc) is 2.36. The van der Waals surface area contributed by atoms with Crippen LogP contribution in [0.1, 0.15) is 0 Å². The van der Waals surface area contributed by atoms with E-state index in [1.807, 2.05) is 0 Å². The third-order valence-corrected chi connectivity index (χ3v) is 2.24. The Bertz CT molecular complexity index is 463. The van der Waals surface area contributed by atoms with Crippen LogP contribution < -0.4 is 10.6 Å². The first-order chi connectivity index (χ1) is 9.28. The van der Waals surface area contributed by atoms with E-state index in [0.717, 1.165) is 4.90 Å². The van der Waals surface area contributed by atoms with Gasteiger partial charge in [-0.3, -0.25) is 4.79 Å². The first-order valence-corrected chi connectivity index (χ1v) is 5.68. The molecule has 0 saturated carbocycles. The molecule has 0 unspecified atom stereocenters. The molecule has 0 aliphatic carbocycles. The van der Waals surface area contributed by atoms with Gasteiger partial charge in [0, 0.05) is 12.7 Å². The summed E-state index contributed by atoms with van der Waals surface area (Å²) in [6, 6.07) is 7.91. The standard InChI is InChI=1S/C12H14F3N3O2/c1-18(7-10(19)16-8-12(13,14)15)11(20)17-9-5-3-2-4-6-9/h2-6H,7-8H2,1H3,(H,16,19)(H,17,20). The van der Waals surface area contributed by atoms with Crippen LogP contribution in [0.15, 0.2) is 30.3 Å². The quantitative estimate of drug-likeness (QED) is 0.888. The normalized spacial score (nSPS) is 10.8. The number of anilines is 1. The summed E-state index contributed by atoms with van der Waals surface area (Å²) < 4.78 is 35.7. The highest BCUT2D eigenvalue weighted by Gasteiger charge is 2.28.